The summed E-state index contributed by atoms with van der Waals surface area (Å²) in [5, 5.41) is 3.02. The first-order valence-electron chi connectivity index (χ1n) is 16.8. The average Bonchev–Trinajstić information content (AvgIpc) is 3.70. The molecule has 0 unspecified atom stereocenters. The quantitative estimate of drug-likeness (QED) is 0.0695. The van der Waals surface area contributed by atoms with Gasteiger partial charge in [0.2, 0.25) is 5.91 Å². The maximum Gasteiger partial charge on any atom is 0.303 e. The van der Waals surface area contributed by atoms with Gasteiger partial charge in [-0.3, -0.25) is 14.4 Å². The second-order valence-corrected chi connectivity index (χ2v) is 13.5. The van der Waals surface area contributed by atoms with Crippen molar-refractivity contribution in [2.45, 2.75) is 154 Å². The molecule has 9 heteroatoms. The van der Waals surface area contributed by atoms with Crippen LogP contribution in [0.15, 0.2) is 36.0 Å². The molecule has 3 aliphatic rings. The van der Waals surface area contributed by atoms with Crippen LogP contribution in [0.5, 0.6) is 0 Å². The van der Waals surface area contributed by atoms with Gasteiger partial charge in [-0.25, -0.2) is 0 Å². The lowest BCUT2D eigenvalue weighted by Crippen LogP contribution is -2.50. The molecule has 0 aromatic heterocycles. The molecule has 8 atom stereocenters. The summed E-state index contributed by atoms with van der Waals surface area (Å²) in [6.45, 7) is 11.6. The number of nitrogens with one attached hydrogen (secondary N) is 1. The van der Waals surface area contributed by atoms with E-state index >= 15 is 0 Å². The lowest BCUT2D eigenvalue weighted by atomic mass is 9.88. The van der Waals surface area contributed by atoms with Crippen LogP contribution < -0.4 is 5.32 Å². The van der Waals surface area contributed by atoms with E-state index in [0.717, 1.165) is 63.5 Å². The first-order valence-corrected chi connectivity index (χ1v) is 16.8. The number of allylic oxidation sites excluding steroid dienone is 2. The van der Waals surface area contributed by atoms with Crippen molar-refractivity contribution in [2.24, 2.45) is 5.92 Å². The summed E-state index contributed by atoms with van der Waals surface area (Å²) in [6.07, 6.45) is 17.1. The van der Waals surface area contributed by atoms with E-state index in [1.165, 1.54) is 13.0 Å². The maximum atomic E-state index is 12.6. The van der Waals surface area contributed by atoms with Gasteiger partial charge in [0.25, 0.3) is 0 Å². The van der Waals surface area contributed by atoms with Crippen molar-refractivity contribution in [1.82, 2.24) is 5.32 Å². The van der Waals surface area contributed by atoms with Gasteiger partial charge >= 0.3 is 5.97 Å². The molecule has 252 valence electrons. The normalized spacial score (nSPS) is 30.8. The van der Waals surface area contributed by atoms with Gasteiger partial charge in [-0.05, 0) is 65.4 Å². The number of esters is 1. The van der Waals surface area contributed by atoms with Crippen molar-refractivity contribution >= 4 is 23.4 Å². The number of hydrogen-bond acceptors (Lipinski definition) is 8. The Balaban J connectivity index is 1.42. The van der Waals surface area contributed by atoms with Gasteiger partial charge in [0, 0.05) is 45.1 Å². The zero-order valence-corrected chi connectivity index (χ0v) is 28.2. The van der Waals surface area contributed by atoms with Crippen LogP contribution in [0.2, 0.25) is 0 Å². The molecule has 0 aliphatic carbocycles. The van der Waals surface area contributed by atoms with Crippen molar-refractivity contribution in [3.05, 3.63) is 36.0 Å². The lowest BCUT2D eigenvalue weighted by Gasteiger charge is -2.39. The first kappa shape index (κ1) is 36.8. The Kier molecular flexibility index (Phi) is 14.7. The molecule has 0 aromatic rings. The highest BCUT2D eigenvalue weighted by molar-refractivity contribution is 5.87. The summed E-state index contributed by atoms with van der Waals surface area (Å²) in [5.41, 5.74) is 0.977. The van der Waals surface area contributed by atoms with Gasteiger partial charge in [-0.15, -0.1) is 0 Å². The molecule has 0 bridgehead atoms. The van der Waals surface area contributed by atoms with Crippen molar-refractivity contribution in [2.75, 3.05) is 6.61 Å². The Morgan fingerprint density at radius 2 is 1.69 bits per heavy atom. The molecule has 45 heavy (non-hydrogen) atoms. The van der Waals surface area contributed by atoms with E-state index in [4.69, 9.17) is 18.9 Å². The summed E-state index contributed by atoms with van der Waals surface area (Å²) in [7, 11) is 0. The van der Waals surface area contributed by atoms with Gasteiger partial charge in [-0.2, -0.15) is 0 Å². The zero-order chi connectivity index (χ0) is 33.0. The summed E-state index contributed by atoms with van der Waals surface area (Å²) in [6, 6.07) is -0.0969. The van der Waals surface area contributed by atoms with Crippen LogP contribution in [-0.2, 0) is 38.1 Å². The number of carbonyl (C=O) groups is 4. The van der Waals surface area contributed by atoms with E-state index in [1.54, 1.807) is 19.9 Å². The number of ketones is 2. The van der Waals surface area contributed by atoms with Crippen molar-refractivity contribution in [3.8, 4) is 0 Å². The second kappa shape index (κ2) is 17.9. The third-order valence-electron chi connectivity index (χ3n) is 8.94. The van der Waals surface area contributed by atoms with Crippen LogP contribution in [0.4, 0.5) is 0 Å². The van der Waals surface area contributed by atoms with Gasteiger partial charge in [-0.1, -0.05) is 43.6 Å². The Morgan fingerprint density at radius 1 is 0.978 bits per heavy atom. The summed E-state index contributed by atoms with van der Waals surface area (Å²) >= 11 is 0. The number of carbonyl (C=O) groups excluding carboxylic acids is 4. The van der Waals surface area contributed by atoms with E-state index in [-0.39, 0.29) is 65.4 Å². The highest BCUT2D eigenvalue weighted by Gasteiger charge is 2.51. The smallest absolute Gasteiger partial charge is 0.303 e. The molecule has 3 rings (SSSR count). The highest BCUT2D eigenvalue weighted by atomic mass is 16.6. The summed E-state index contributed by atoms with van der Waals surface area (Å²) in [5.74, 6) is 0.116. The molecule has 3 fully saturated rings. The minimum atomic E-state index is -0.463. The molecular formula is C36H55NO8. The molecule has 0 radical (unpaired) electrons. The number of rotatable bonds is 17. The molecule has 9 nitrogen and oxygen atoms in total. The van der Waals surface area contributed by atoms with Crippen LogP contribution in [0, 0.1) is 5.92 Å². The van der Waals surface area contributed by atoms with Crippen molar-refractivity contribution < 1.29 is 38.1 Å². The minimum absolute atomic E-state index is 0.0506. The standard InChI is InChI=1S/C36H55NO8/c1-24(14-17-34-25(2)19-33(28(5)44-34)37-35(41)18-15-27(4)43-29(6)39)13-16-31-21-36(23-42-36)22-32(45-31)20-30(40)12-10-8-7-9-11-26(3)38/h13-16,18,25,27-28,31-34H,7-12,17,19-23H2,1-6H3,(H,37,41)/b16-13+,18-15-,24-14+/t25-,27-,28+,31+,32+,33+,34-,36+/m0/s1. The van der Waals surface area contributed by atoms with Crippen LogP contribution in [-0.4, -0.2) is 72.2 Å². The predicted octanol–water partition coefficient (Wildman–Crippen LogP) is 5.89. The lowest BCUT2D eigenvalue weighted by molar-refractivity contribution is -0.143. The van der Waals surface area contributed by atoms with Crippen LogP contribution in [0.3, 0.4) is 0 Å². The Bertz CT molecular complexity index is 1110. The van der Waals surface area contributed by atoms with E-state index in [1.807, 2.05) is 6.92 Å². The largest absolute Gasteiger partial charge is 0.459 e. The summed E-state index contributed by atoms with van der Waals surface area (Å²) < 4.78 is 23.5. The van der Waals surface area contributed by atoms with Crippen molar-refractivity contribution in [3.63, 3.8) is 0 Å². The monoisotopic (exact) mass is 629 g/mol. The maximum absolute atomic E-state index is 12.6. The number of amides is 1. The molecule has 0 aromatic carbocycles. The number of hydrogen-bond donors (Lipinski definition) is 1. The number of unbranched alkanes of at least 4 members (excludes halogenated alkanes) is 3. The third-order valence-corrected chi connectivity index (χ3v) is 8.94. The van der Waals surface area contributed by atoms with Gasteiger partial charge in [0.1, 0.15) is 17.7 Å². The number of epoxide rings is 1. The molecule has 3 saturated heterocycles. The molecular weight excluding hydrogens is 574 g/mol. The third kappa shape index (κ3) is 13.7. The van der Waals surface area contributed by atoms with E-state index in [2.05, 4.69) is 37.4 Å². The molecule has 0 saturated carbocycles. The number of ether oxygens (including phenoxy) is 4. The second-order valence-electron chi connectivity index (χ2n) is 13.5. The van der Waals surface area contributed by atoms with E-state index in [0.29, 0.717) is 19.3 Å². The minimum Gasteiger partial charge on any atom is -0.459 e. The molecule has 1 N–H and O–H groups in total. The van der Waals surface area contributed by atoms with Crippen molar-refractivity contribution in [1.29, 1.82) is 0 Å². The molecule has 3 aliphatic heterocycles. The Morgan fingerprint density at radius 3 is 2.36 bits per heavy atom. The fourth-order valence-corrected chi connectivity index (χ4v) is 6.28. The topological polar surface area (TPSA) is 121 Å². The van der Waals surface area contributed by atoms with Crippen LogP contribution >= 0.6 is 0 Å². The Hall–Kier alpha value is -2.62. The average molecular weight is 630 g/mol. The fraction of sp³-hybridized carbons (Fsp3) is 0.722. The molecule has 3 heterocycles. The first-order chi connectivity index (χ1) is 21.3. The predicted molar refractivity (Wildman–Crippen MR) is 173 cm³/mol. The zero-order valence-electron chi connectivity index (χ0n) is 28.2. The SMILES string of the molecule is CC(=O)CCCCCCC(=O)C[C@@H]1C[C@@]2(CO2)C[C@@H](/C=C/C(C)=C/C[C@@H]2O[C@H](C)[C@H](NC(=O)/C=C\[C@H](C)OC(C)=O)C[C@@H]2C)O1. The number of Topliss-reactive ketones (excluding diaryl/α,β-unsaturated/α-hetero) is 2. The molecule has 1 amide bonds. The van der Waals surface area contributed by atoms with Crippen LogP contribution in [0.25, 0.3) is 0 Å². The van der Waals surface area contributed by atoms with Gasteiger partial charge in [0.15, 0.2) is 0 Å². The Labute approximate surface area is 269 Å². The van der Waals surface area contributed by atoms with E-state index in [9.17, 15) is 19.2 Å². The van der Waals surface area contributed by atoms with E-state index < -0.39 is 6.10 Å². The van der Waals surface area contributed by atoms with Crippen LogP contribution in [0.1, 0.15) is 112 Å². The van der Waals surface area contributed by atoms with Gasteiger partial charge in [0.05, 0.1) is 42.7 Å². The van der Waals surface area contributed by atoms with Gasteiger partial charge < -0.3 is 29.1 Å². The summed E-state index contributed by atoms with van der Waals surface area (Å²) in [4.78, 5) is 47.2. The highest BCUT2D eigenvalue weighted by Crippen LogP contribution is 2.43. The fourth-order valence-electron chi connectivity index (χ4n) is 6.28. The molecule has 1 spiro atoms.